The van der Waals surface area contributed by atoms with Crippen LogP contribution in [0.1, 0.15) is 18.4 Å². The van der Waals surface area contributed by atoms with Crippen molar-refractivity contribution in [2.75, 3.05) is 0 Å². The molecule has 0 aliphatic heterocycles. The van der Waals surface area contributed by atoms with E-state index in [0.29, 0.717) is 6.04 Å². The van der Waals surface area contributed by atoms with Crippen molar-refractivity contribution in [3.05, 3.63) is 57.5 Å². The van der Waals surface area contributed by atoms with Crippen LogP contribution in [0, 0.1) is 0 Å². The van der Waals surface area contributed by atoms with Gasteiger partial charge in [0.25, 0.3) is 0 Å². The van der Waals surface area contributed by atoms with E-state index in [1.807, 2.05) is 0 Å². The highest BCUT2D eigenvalue weighted by Crippen LogP contribution is 2.31. The number of benzene rings is 2. The molecular weight excluding hydrogens is 354 g/mol. The third kappa shape index (κ3) is 4.01. The zero-order valence-electron chi connectivity index (χ0n) is 10.9. The van der Waals surface area contributed by atoms with Gasteiger partial charge in [0.1, 0.15) is 0 Å². The topological polar surface area (TPSA) is 12.0 Å². The Morgan fingerprint density at radius 2 is 1.80 bits per heavy atom. The van der Waals surface area contributed by atoms with E-state index in [9.17, 15) is 0 Å². The summed E-state index contributed by atoms with van der Waals surface area (Å²) in [7, 11) is 0. The molecule has 2 aromatic carbocycles. The Balaban J connectivity index is 1.67. The summed E-state index contributed by atoms with van der Waals surface area (Å²) in [6.07, 6.45) is 2.60. The Morgan fingerprint density at radius 1 is 1.10 bits per heavy atom. The minimum absolute atomic E-state index is 0.711. The fourth-order valence-corrected chi connectivity index (χ4v) is 3.35. The summed E-state index contributed by atoms with van der Waals surface area (Å²) in [4.78, 5) is 2.39. The number of halogens is 2. The van der Waals surface area contributed by atoms with Crippen LogP contribution in [0.15, 0.2) is 56.7 Å². The standard InChI is InChI=1S/C16H15BrClNS/c17-12-2-7-14(8-3-12)20-15-6-1-11(16(18)9-15)10-19-13-4-5-13/h1-3,6-9,13,19H,4-5,10H2. The lowest BCUT2D eigenvalue weighted by Gasteiger charge is -2.08. The summed E-state index contributed by atoms with van der Waals surface area (Å²) in [6, 6.07) is 15.3. The molecule has 0 bridgehead atoms. The maximum atomic E-state index is 6.36. The predicted octanol–water partition coefficient (Wildman–Crippen LogP) is 5.51. The molecule has 0 atom stereocenters. The van der Waals surface area contributed by atoms with E-state index in [1.165, 1.54) is 28.2 Å². The second-order valence-corrected chi connectivity index (χ2v) is 7.43. The van der Waals surface area contributed by atoms with Gasteiger partial charge in [-0.3, -0.25) is 0 Å². The summed E-state index contributed by atoms with van der Waals surface area (Å²) in [5, 5.41) is 4.34. The Morgan fingerprint density at radius 3 is 2.45 bits per heavy atom. The smallest absolute Gasteiger partial charge is 0.0462 e. The van der Waals surface area contributed by atoms with Crippen molar-refractivity contribution in [2.45, 2.75) is 35.2 Å². The lowest BCUT2D eigenvalue weighted by Crippen LogP contribution is -2.15. The third-order valence-corrected chi connectivity index (χ3v) is 5.11. The lowest BCUT2D eigenvalue weighted by atomic mass is 10.2. The van der Waals surface area contributed by atoms with Gasteiger partial charge < -0.3 is 5.32 Å². The third-order valence-electron chi connectivity index (χ3n) is 3.23. The van der Waals surface area contributed by atoms with Crippen LogP contribution in [0.25, 0.3) is 0 Å². The lowest BCUT2D eigenvalue weighted by molar-refractivity contribution is 0.687. The van der Waals surface area contributed by atoms with Crippen LogP contribution >= 0.6 is 39.3 Å². The SMILES string of the molecule is Clc1cc(Sc2ccc(Br)cc2)ccc1CNC1CC1. The maximum absolute atomic E-state index is 6.36. The van der Waals surface area contributed by atoms with E-state index in [1.54, 1.807) is 11.8 Å². The number of hydrogen-bond donors (Lipinski definition) is 1. The van der Waals surface area contributed by atoms with Gasteiger partial charge in [-0.25, -0.2) is 0 Å². The number of hydrogen-bond acceptors (Lipinski definition) is 2. The molecule has 0 radical (unpaired) electrons. The van der Waals surface area contributed by atoms with Gasteiger partial charge in [-0.2, -0.15) is 0 Å². The van der Waals surface area contributed by atoms with Crippen LogP contribution in [-0.4, -0.2) is 6.04 Å². The van der Waals surface area contributed by atoms with Crippen molar-refractivity contribution < 1.29 is 0 Å². The van der Waals surface area contributed by atoms with Crippen LogP contribution in [-0.2, 0) is 6.54 Å². The molecule has 1 aliphatic carbocycles. The summed E-state index contributed by atoms with van der Waals surface area (Å²) in [6.45, 7) is 0.868. The number of nitrogens with one attached hydrogen (secondary N) is 1. The molecule has 0 saturated heterocycles. The van der Waals surface area contributed by atoms with E-state index >= 15 is 0 Å². The molecule has 1 saturated carbocycles. The zero-order chi connectivity index (χ0) is 13.9. The molecule has 0 aromatic heterocycles. The van der Waals surface area contributed by atoms with Crippen molar-refractivity contribution in [3.8, 4) is 0 Å². The summed E-state index contributed by atoms with van der Waals surface area (Å²) >= 11 is 11.5. The molecule has 4 heteroatoms. The van der Waals surface area contributed by atoms with E-state index in [0.717, 1.165) is 16.0 Å². The summed E-state index contributed by atoms with van der Waals surface area (Å²) < 4.78 is 1.10. The monoisotopic (exact) mass is 367 g/mol. The highest BCUT2D eigenvalue weighted by Gasteiger charge is 2.20. The van der Waals surface area contributed by atoms with Crippen molar-refractivity contribution in [1.29, 1.82) is 0 Å². The van der Waals surface area contributed by atoms with Gasteiger partial charge in [-0.15, -0.1) is 0 Å². The quantitative estimate of drug-likeness (QED) is 0.747. The maximum Gasteiger partial charge on any atom is 0.0462 e. The van der Waals surface area contributed by atoms with Gasteiger partial charge in [0.05, 0.1) is 0 Å². The molecule has 0 heterocycles. The molecule has 104 valence electrons. The highest BCUT2D eigenvalue weighted by molar-refractivity contribution is 9.10. The fourth-order valence-electron chi connectivity index (χ4n) is 1.92. The van der Waals surface area contributed by atoms with E-state index in [2.05, 4.69) is 63.7 Å². The molecule has 0 spiro atoms. The molecule has 1 aliphatic rings. The molecule has 1 N–H and O–H groups in total. The molecule has 2 aromatic rings. The van der Waals surface area contributed by atoms with Gasteiger partial charge >= 0.3 is 0 Å². The normalized spacial score (nSPS) is 14.5. The Kier molecular flexibility index (Phi) is 4.72. The second-order valence-electron chi connectivity index (χ2n) is 4.96. The van der Waals surface area contributed by atoms with Crippen molar-refractivity contribution in [2.24, 2.45) is 0 Å². The predicted molar refractivity (Wildman–Crippen MR) is 89.6 cm³/mol. The van der Waals surface area contributed by atoms with Crippen LogP contribution in [0.2, 0.25) is 5.02 Å². The number of rotatable bonds is 5. The molecule has 1 fully saturated rings. The first-order valence-electron chi connectivity index (χ1n) is 6.66. The summed E-state index contributed by atoms with van der Waals surface area (Å²) in [5.41, 5.74) is 1.18. The van der Waals surface area contributed by atoms with Crippen molar-refractivity contribution >= 4 is 39.3 Å². The fraction of sp³-hybridized carbons (Fsp3) is 0.250. The molecule has 1 nitrogen and oxygen atoms in total. The molecule has 3 rings (SSSR count). The van der Waals surface area contributed by atoms with Gasteiger partial charge in [-0.1, -0.05) is 45.4 Å². The largest absolute Gasteiger partial charge is 0.310 e. The van der Waals surface area contributed by atoms with Gasteiger partial charge in [0, 0.05) is 31.9 Å². The van der Waals surface area contributed by atoms with E-state index in [4.69, 9.17) is 11.6 Å². The Labute approximate surface area is 137 Å². The molecule has 0 unspecified atom stereocenters. The van der Waals surface area contributed by atoms with Gasteiger partial charge in [-0.05, 0) is 54.8 Å². The van der Waals surface area contributed by atoms with Crippen molar-refractivity contribution in [1.82, 2.24) is 5.32 Å². The Bertz CT molecular complexity index is 596. The van der Waals surface area contributed by atoms with Gasteiger partial charge in [0.2, 0.25) is 0 Å². The summed E-state index contributed by atoms with van der Waals surface area (Å²) in [5.74, 6) is 0. The molecular formula is C16H15BrClNS. The zero-order valence-corrected chi connectivity index (χ0v) is 14.1. The minimum atomic E-state index is 0.711. The first kappa shape index (κ1) is 14.5. The first-order valence-corrected chi connectivity index (χ1v) is 8.65. The first-order chi connectivity index (χ1) is 9.70. The highest BCUT2D eigenvalue weighted by atomic mass is 79.9. The van der Waals surface area contributed by atoms with Crippen LogP contribution in [0.3, 0.4) is 0 Å². The van der Waals surface area contributed by atoms with E-state index < -0.39 is 0 Å². The van der Waals surface area contributed by atoms with Gasteiger partial charge in [0.15, 0.2) is 0 Å². The van der Waals surface area contributed by atoms with Crippen LogP contribution < -0.4 is 5.32 Å². The minimum Gasteiger partial charge on any atom is -0.310 e. The molecule has 20 heavy (non-hydrogen) atoms. The second kappa shape index (κ2) is 6.52. The average Bonchev–Trinajstić information content (AvgIpc) is 3.25. The average molecular weight is 369 g/mol. The van der Waals surface area contributed by atoms with Crippen LogP contribution in [0.5, 0.6) is 0 Å². The Hall–Kier alpha value is -0.480. The van der Waals surface area contributed by atoms with Crippen LogP contribution in [0.4, 0.5) is 0 Å². The van der Waals surface area contributed by atoms with E-state index in [-0.39, 0.29) is 0 Å². The molecule has 0 amide bonds. The van der Waals surface area contributed by atoms with Crippen molar-refractivity contribution in [3.63, 3.8) is 0 Å².